The lowest BCUT2D eigenvalue weighted by Crippen LogP contribution is -2.42. The smallest absolute Gasteiger partial charge is 0.328 e. The number of hydrogen-bond acceptors (Lipinski definition) is 6. The zero-order valence-electron chi connectivity index (χ0n) is 13.3. The monoisotopic (exact) mass is 581 g/mol. The van der Waals surface area contributed by atoms with E-state index < -0.39 is 22.1 Å². The summed E-state index contributed by atoms with van der Waals surface area (Å²) < 4.78 is 33.7. The van der Waals surface area contributed by atoms with Gasteiger partial charge in [0.05, 0.1) is 20.0 Å². The van der Waals surface area contributed by atoms with Crippen molar-refractivity contribution in [2.45, 2.75) is 26.3 Å². The second kappa shape index (κ2) is 9.17. The van der Waals surface area contributed by atoms with Gasteiger partial charge in [0.1, 0.15) is 6.04 Å². The second-order valence-electron chi connectivity index (χ2n) is 4.89. The maximum atomic E-state index is 12.0. The van der Waals surface area contributed by atoms with Crippen LogP contribution in [0.5, 0.6) is 5.75 Å². The third-order valence-electron chi connectivity index (χ3n) is 2.68. The molecule has 0 radical (unpaired) electrons. The number of benzene rings is 1. The number of amides is 1. The molecule has 1 amide bonds. The fourth-order valence-corrected chi connectivity index (χ4v) is 4.78. The molecule has 7 nitrogen and oxygen atoms in total. The maximum absolute atomic E-state index is 12.0. The van der Waals surface area contributed by atoms with Crippen LogP contribution in [0.1, 0.15) is 19.4 Å². The molecule has 1 N–H and O–H groups in total. The number of ether oxygens (including phenoxy) is 1. The Morgan fingerprint density at radius 3 is 2.21 bits per heavy atom. The summed E-state index contributed by atoms with van der Waals surface area (Å²) in [4.78, 5) is 23.3. The summed E-state index contributed by atoms with van der Waals surface area (Å²) in [7, 11) is -3.64. The van der Waals surface area contributed by atoms with Crippen molar-refractivity contribution >= 4 is 67.2 Å². The van der Waals surface area contributed by atoms with E-state index in [4.69, 9.17) is 8.92 Å². The lowest BCUT2D eigenvalue weighted by Gasteiger charge is -2.17. The lowest BCUT2D eigenvalue weighted by atomic mass is 10.1. The van der Waals surface area contributed by atoms with E-state index in [2.05, 4.69) is 5.32 Å². The fraction of sp³-hybridized carbons (Fsp3) is 0.429. The first-order valence-electron chi connectivity index (χ1n) is 6.84. The number of esters is 1. The van der Waals surface area contributed by atoms with Crippen LogP contribution < -0.4 is 9.50 Å². The van der Waals surface area contributed by atoms with Crippen molar-refractivity contribution in [3.8, 4) is 5.75 Å². The van der Waals surface area contributed by atoms with Gasteiger partial charge in [-0.1, -0.05) is 0 Å². The summed E-state index contributed by atoms with van der Waals surface area (Å²) >= 11 is 3.92. The van der Waals surface area contributed by atoms with Crippen LogP contribution in [-0.4, -0.2) is 39.2 Å². The van der Waals surface area contributed by atoms with Gasteiger partial charge in [-0.2, -0.15) is 8.42 Å². The third kappa shape index (κ3) is 7.09. The Morgan fingerprint density at radius 2 is 1.79 bits per heavy atom. The molecule has 0 aliphatic rings. The Kier molecular flexibility index (Phi) is 8.19. The van der Waals surface area contributed by atoms with Gasteiger partial charge in [-0.25, -0.2) is 4.79 Å². The first kappa shape index (κ1) is 21.4. The molecule has 134 valence electrons. The van der Waals surface area contributed by atoms with Crippen LogP contribution in [0.2, 0.25) is 0 Å². The zero-order chi connectivity index (χ0) is 18.5. The van der Waals surface area contributed by atoms with E-state index in [1.54, 1.807) is 19.1 Å². The Morgan fingerprint density at radius 1 is 1.25 bits per heavy atom. The normalized spacial score (nSPS) is 12.4. The van der Waals surface area contributed by atoms with E-state index in [0.29, 0.717) is 7.14 Å². The summed E-state index contributed by atoms with van der Waals surface area (Å²) in [6.07, 6.45) is 1.20. The standard InChI is InChI=1S/C14H17I2NO6S/c1-4-22-14(19)12(17-8(2)18)7-9-5-10(15)13(11(16)6-9)23-24(3,20)21/h5-6,12H,4,7H2,1-3H3,(H,17,18)/t12-/m1/s1. The highest BCUT2D eigenvalue weighted by atomic mass is 127. The maximum Gasteiger partial charge on any atom is 0.328 e. The molecule has 1 atom stereocenters. The van der Waals surface area contributed by atoms with Crippen LogP contribution >= 0.6 is 45.2 Å². The van der Waals surface area contributed by atoms with E-state index in [0.717, 1.165) is 11.8 Å². The van der Waals surface area contributed by atoms with E-state index in [1.807, 2.05) is 45.2 Å². The Labute approximate surface area is 168 Å². The molecule has 0 aliphatic carbocycles. The van der Waals surface area contributed by atoms with Gasteiger partial charge in [0.2, 0.25) is 5.91 Å². The number of nitrogens with one attached hydrogen (secondary N) is 1. The molecule has 0 unspecified atom stereocenters. The lowest BCUT2D eigenvalue weighted by molar-refractivity contribution is -0.147. The van der Waals surface area contributed by atoms with Crippen molar-refractivity contribution in [1.29, 1.82) is 0 Å². The number of rotatable bonds is 7. The summed E-state index contributed by atoms with van der Waals surface area (Å²) in [6, 6.07) is 2.60. The molecule has 0 fully saturated rings. The molecule has 24 heavy (non-hydrogen) atoms. The minimum atomic E-state index is -3.64. The molecule has 1 aromatic rings. The predicted molar refractivity (Wildman–Crippen MR) is 105 cm³/mol. The van der Waals surface area contributed by atoms with Gasteiger partial charge >= 0.3 is 16.1 Å². The van der Waals surface area contributed by atoms with Crippen molar-refractivity contribution in [2.24, 2.45) is 0 Å². The molecular weight excluding hydrogens is 564 g/mol. The number of halogens is 2. The third-order valence-corrected chi connectivity index (χ3v) is 4.75. The zero-order valence-corrected chi connectivity index (χ0v) is 18.4. The first-order chi connectivity index (χ1) is 11.0. The molecule has 0 saturated carbocycles. The number of carbonyl (C=O) groups is 2. The summed E-state index contributed by atoms with van der Waals surface area (Å²) in [6.45, 7) is 3.22. The van der Waals surface area contributed by atoms with Crippen molar-refractivity contribution in [2.75, 3.05) is 12.9 Å². The Balaban J connectivity index is 3.08. The van der Waals surface area contributed by atoms with Crippen molar-refractivity contribution in [1.82, 2.24) is 5.32 Å². The largest absolute Gasteiger partial charge is 0.464 e. The molecule has 0 heterocycles. The molecular formula is C14H17I2NO6S. The van der Waals surface area contributed by atoms with E-state index in [-0.39, 0.29) is 24.7 Å². The summed E-state index contributed by atoms with van der Waals surface area (Å²) in [5.74, 6) is -0.613. The summed E-state index contributed by atoms with van der Waals surface area (Å²) in [5.41, 5.74) is 0.747. The van der Waals surface area contributed by atoms with Crippen LogP contribution in [-0.2, 0) is 30.9 Å². The van der Waals surface area contributed by atoms with Gasteiger partial charge in [0.15, 0.2) is 5.75 Å². The Bertz CT molecular complexity index is 712. The molecule has 1 rings (SSSR count). The Hall–Kier alpha value is -0.630. The van der Waals surface area contributed by atoms with Gasteiger partial charge in [0.25, 0.3) is 0 Å². The van der Waals surface area contributed by atoms with Gasteiger partial charge in [-0.3, -0.25) is 4.79 Å². The fourth-order valence-electron chi connectivity index (χ4n) is 1.88. The minimum Gasteiger partial charge on any atom is -0.464 e. The van der Waals surface area contributed by atoms with Crippen molar-refractivity contribution < 1.29 is 26.9 Å². The predicted octanol–water partition coefficient (Wildman–Crippen LogP) is 1.84. The highest BCUT2D eigenvalue weighted by Crippen LogP contribution is 2.30. The number of hydrogen-bond donors (Lipinski definition) is 1. The molecule has 0 aliphatic heterocycles. The van der Waals surface area contributed by atoms with Crippen molar-refractivity contribution in [3.05, 3.63) is 24.8 Å². The van der Waals surface area contributed by atoms with Crippen LogP contribution in [0.15, 0.2) is 12.1 Å². The second-order valence-corrected chi connectivity index (χ2v) is 8.78. The SMILES string of the molecule is CCOC(=O)[C@@H](Cc1cc(I)c(OS(C)(=O)=O)c(I)c1)NC(C)=O. The van der Waals surface area contributed by atoms with Gasteiger partial charge in [-0.15, -0.1) is 0 Å². The number of carbonyl (C=O) groups excluding carboxylic acids is 2. The van der Waals surface area contributed by atoms with E-state index in [1.165, 1.54) is 6.92 Å². The van der Waals surface area contributed by atoms with Crippen LogP contribution in [0, 0.1) is 7.14 Å². The minimum absolute atomic E-state index is 0.213. The van der Waals surface area contributed by atoms with Crippen molar-refractivity contribution in [3.63, 3.8) is 0 Å². The molecule has 0 aromatic heterocycles. The highest BCUT2D eigenvalue weighted by molar-refractivity contribution is 14.1. The van der Waals surface area contributed by atoms with Gasteiger partial charge in [0, 0.05) is 13.3 Å². The molecule has 0 spiro atoms. The first-order valence-corrected chi connectivity index (χ1v) is 10.8. The molecule has 0 bridgehead atoms. The summed E-state index contributed by atoms with van der Waals surface area (Å²) in [5, 5.41) is 2.56. The average molecular weight is 581 g/mol. The van der Waals surface area contributed by atoms with Crippen LogP contribution in [0.3, 0.4) is 0 Å². The topological polar surface area (TPSA) is 98.8 Å². The van der Waals surface area contributed by atoms with Crippen LogP contribution in [0.25, 0.3) is 0 Å². The van der Waals surface area contributed by atoms with Crippen LogP contribution in [0.4, 0.5) is 0 Å². The quantitative estimate of drug-likeness (QED) is 0.300. The van der Waals surface area contributed by atoms with E-state index in [9.17, 15) is 18.0 Å². The molecule has 0 saturated heterocycles. The molecule has 1 aromatic carbocycles. The highest BCUT2D eigenvalue weighted by Gasteiger charge is 2.23. The van der Waals surface area contributed by atoms with E-state index >= 15 is 0 Å². The average Bonchev–Trinajstić information content (AvgIpc) is 2.41. The van der Waals surface area contributed by atoms with Gasteiger partial charge in [-0.05, 0) is 69.8 Å². The molecule has 10 heteroatoms. The van der Waals surface area contributed by atoms with Gasteiger partial charge < -0.3 is 14.2 Å².